The molecule has 0 atom stereocenters. The van der Waals surface area contributed by atoms with Gasteiger partial charge < -0.3 is 4.90 Å². The third-order valence-corrected chi connectivity index (χ3v) is 5.19. The number of benzene rings is 1. The van der Waals surface area contributed by atoms with Crippen molar-refractivity contribution in [2.45, 2.75) is 45.7 Å². The Morgan fingerprint density at radius 3 is 2.56 bits per heavy atom. The third kappa shape index (κ3) is 4.12. The average molecular weight is 379 g/mol. The van der Waals surface area contributed by atoms with Gasteiger partial charge >= 0.3 is 0 Å². The Hall–Kier alpha value is -1.66. The van der Waals surface area contributed by atoms with E-state index in [-0.39, 0.29) is 5.91 Å². The summed E-state index contributed by atoms with van der Waals surface area (Å²) in [5.74, 6) is 1.02. The largest absolute Gasteiger partial charge is 0.343 e. The molecule has 134 valence electrons. The highest BCUT2D eigenvalue weighted by atomic mass is 35.5. The van der Waals surface area contributed by atoms with Gasteiger partial charge in [0.25, 0.3) is 0 Å². The predicted molar refractivity (Wildman–Crippen MR) is 102 cm³/mol. The van der Waals surface area contributed by atoms with E-state index in [0.717, 1.165) is 50.3 Å². The molecule has 1 aliphatic rings. The van der Waals surface area contributed by atoms with Crippen LogP contribution in [0.25, 0.3) is 11.4 Å². The summed E-state index contributed by atoms with van der Waals surface area (Å²) in [6, 6.07) is 7.63. The van der Waals surface area contributed by atoms with Gasteiger partial charge in [-0.2, -0.15) is 5.10 Å². The fourth-order valence-corrected chi connectivity index (χ4v) is 3.28. The number of aryl methyl sites for hydroxylation is 1. The minimum atomic E-state index is 0.185. The first-order chi connectivity index (χ1) is 12.1. The van der Waals surface area contributed by atoms with Gasteiger partial charge in [-0.15, -0.1) is 0 Å². The zero-order valence-electron chi connectivity index (χ0n) is 14.4. The first kappa shape index (κ1) is 18.1. The second-order valence-electron chi connectivity index (χ2n) is 6.33. The molecule has 1 aliphatic heterocycles. The molecule has 7 heteroatoms. The summed E-state index contributed by atoms with van der Waals surface area (Å²) in [6.45, 7) is 5.26. The summed E-state index contributed by atoms with van der Waals surface area (Å²) in [6.07, 6.45) is 3.67. The molecule has 0 unspecified atom stereocenters. The molecule has 0 saturated carbocycles. The summed E-state index contributed by atoms with van der Waals surface area (Å²) in [5, 5.41) is 5.40. The van der Waals surface area contributed by atoms with Crippen LogP contribution in [-0.2, 0) is 17.9 Å². The van der Waals surface area contributed by atoms with Gasteiger partial charge in [0.2, 0.25) is 5.91 Å². The van der Waals surface area contributed by atoms with E-state index in [4.69, 9.17) is 28.9 Å². The van der Waals surface area contributed by atoms with E-state index in [1.165, 1.54) is 0 Å². The van der Waals surface area contributed by atoms with Gasteiger partial charge in [-0.05, 0) is 49.3 Å². The molecule has 2 heterocycles. The van der Waals surface area contributed by atoms with E-state index in [1.807, 2.05) is 29.2 Å². The van der Waals surface area contributed by atoms with Crippen LogP contribution in [0.4, 0.5) is 0 Å². The molecular weight excluding hydrogens is 356 g/mol. The summed E-state index contributed by atoms with van der Waals surface area (Å²) in [5.41, 5.74) is 0.986. The number of aromatic nitrogens is 3. The van der Waals surface area contributed by atoms with Gasteiger partial charge in [0.05, 0.1) is 6.54 Å². The lowest BCUT2D eigenvalue weighted by atomic mass is 10.2. The molecule has 1 aromatic heterocycles. The van der Waals surface area contributed by atoms with Crippen molar-refractivity contribution in [2.75, 3.05) is 13.1 Å². The fourth-order valence-electron chi connectivity index (χ4n) is 2.84. The Morgan fingerprint density at radius 2 is 1.96 bits per heavy atom. The van der Waals surface area contributed by atoms with Crippen LogP contribution >= 0.6 is 23.8 Å². The Balaban J connectivity index is 1.84. The lowest BCUT2D eigenvalue weighted by Crippen LogP contribution is -2.42. The summed E-state index contributed by atoms with van der Waals surface area (Å²) < 4.78 is 4.53. The number of likely N-dealkylation sites (tertiary alicyclic amines) is 1. The van der Waals surface area contributed by atoms with Crippen molar-refractivity contribution in [3.05, 3.63) is 34.1 Å². The minimum absolute atomic E-state index is 0.185. The number of carbonyl (C=O) groups excluding carboxylic acids is 1. The molecule has 0 radical (unpaired) electrons. The average Bonchev–Trinajstić information content (AvgIpc) is 2.86. The van der Waals surface area contributed by atoms with Gasteiger partial charge in [-0.3, -0.25) is 9.36 Å². The van der Waals surface area contributed by atoms with Crippen molar-refractivity contribution < 1.29 is 4.79 Å². The number of hydrogen-bond acceptors (Lipinski definition) is 3. The van der Waals surface area contributed by atoms with E-state index < -0.39 is 0 Å². The van der Waals surface area contributed by atoms with Crippen molar-refractivity contribution in [1.82, 2.24) is 19.2 Å². The topological polar surface area (TPSA) is 43.1 Å². The van der Waals surface area contributed by atoms with Crippen molar-refractivity contribution in [3.63, 3.8) is 0 Å². The smallest absolute Gasteiger partial charge is 0.224 e. The standard InChI is InChI=1S/C18H23ClN4OS/c1-2-3-12-22-17(14-5-7-15(19)8-6-14)20-23(18(22)25)13-9-16(24)21-10-4-11-21/h5-8H,2-4,9-13H2,1H3. The molecule has 0 bridgehead atoms. The highest BCUT2D eigenvalue weighted by Crippen LogP contribution is 2.22. The lowest BCUT2D eigenvalue weighted by molar-refractivity contribution is -0.134. The molecule has 1 saturated heterocycles. The molecule has 1 amide bonds. The van der Waals surface area contributed by atoms with E-state index >= 15 is 0 Å². The first-order valence-electron chi connectivity index (χ1n) is 8.81. The van der Waals surface area contributed by atoms with Gasteiger partial charge in [0.1, 0.15) is 0 Å². The van der Waals surface area contributed by atoms with Crippen LogP contribution in [0.5, 0.6) is 0 Å². The van der Waals surface area contributed by atoms with Gasteiger partial charge in [0, 0.05) is 36.6 Å². The van der Waals surface area contributed by atoms with Gasteiger partial charge in [0.15, 0.2) is 10.6 Å². The third-order valence-electron chi connectivity index (χ3n) is 4.51. The molecule has 5 nitrogen and oxygen atoms in total. The number of carbonyl (C=O) groups is 1. The Labute approximate surface area is 158 Å². The number of halogens is 1. The van der Waals surface area contributed by atoms with Crippen molar-refractivity contribution in [3.8, 4) is 11.4 Å². The molecule has 1 aromatic carbocycles. The maximum absolute atomic E-state index is 12.1. The van der Waals surface area contributed by atoms with Crippen LogP contribution in [0.15, 0.2) is 24.3 Å². The Kier molecular flexibility index (Phi) is 5.91. The summed E-state index contributed by atoms with van der Waals surface area (Å²) in [4.78, 5) is 14.0. The second-order valence-corrected chi connectivity index (χ2v) is 7.13. The highest BCUT2D eigenvalue weighted by Gasteiger charge is 2.20. The Morgan fingerprint density at radius 1 is 1.24 bits per heavy atom. The molecular formula is C18H23ClN4OS. The van der Waals surface area contributed by atoms with Crippen molar-refractivity contribution >= 4 is 29.7 Å². The van der Waals surface area contributed by atoms with E-state index in [2.05, 4.69) is 11.5 Å². The molecule has 1 fully saturated rings. The number of hydrogen-bond donors (Lipinski definition) is 0. The van der Waals surface area contributed by atoms with Crippen molar-refractivity contribution in [1.29, 1.82) is 0 Å². The van der Waals surface area contributed by atoms with Gasteiger partial charge in [-0.1, -0.05) is 24.9 Å². The van der Waals surface area contributed by atoms with E-state index in [1.54, 1.807) is 4.68 Å². The maximum atomic E-state index is 12.1. The number of rotatable bonds is 7. The van der Waals surface area contributed by atoms with Crippen LogP contribution in [0, 0.1) is 4.77 Å². The van der Waals surface area contributed by atoms with Crippen LogP contribution < -0.4 is 0 Å². The van der Waals surface area contributed by atoms with E-state index in [0.29, 0.717) is 22.8 Å². The first-order valence-corrected chi connectivity index (χ1v) is 9.60. The molecule has 0 spiro atoms. The quantitative estimate of drug-likeness (QED) is 0.679. The van der Waals surface area contributed by atoms with Crippen LogP contribution in [0.2, 0.25) is 5.02 Å². The molecule has 3 rings (SSSR count). The zero-order valence-corrected chi connectivity index (χ0v) is 16.0. The molecule has 25 heavy (non-hydrogen) atoms. The zero-order chi connectivity index (χ0) is 17.8. The predicted octanol–water partition coefficient (Wildman–Crippen LogP) is 4.16. The molecule has 0 aliphatic carbocycles. The number of nitrogens with zero attached hydrogens (tertiary/aromatic N) is 4. The molecule has 2 aromatic rings. The van der Waals surface area contributed by atoms with Gasteiger partial charge in [-0.25, -0.2) is 4.68 Å². The highest BCUT2D eigenvalue weighted by molar-refractivity contribution is 7.71. The van der Waals surface area contributed by atoms with Crippen molar-refractivity contribution in [2.24, 2.45) is 0 Å². The second kappa shape index (κ2) is 8.15. The fraction of sp³-hybridized carbons (Fsp3) is 0.500. The maximum Gasteiger partial charge on any atom is 0.224 e. The van der Waals surface area contributed by atoms with E-state index in [9.17, 15) is 4.79 Å². The Bertz CT molecular complexity index is 792. The number of amides is 1. The van der Waals surface area contributed by atoms with Crippen LogP contribution in [-0.4, -0.2) is 38.2 Å². The molecule has 0 N–H and O–H groups in total. The van der Waals surface area contributed by atoms with Crippen LogP contribution in [0.1, 0.15) is 32.6 Å². The van der Waals surface area contributed by atoms with Crippen LogP contribution in [0.3, 0.4) is 0 Å². The SMILES string of the molecule is CCCCn1c(-c2ccc(Cl)cc2)nn(CCC(=O)N2CCC2)c1=S. The normalized spacial score (nSPS) is 13.8. The minimum Gasteiger partial charge on any atom is -0.343 e. The summed E-state index contributed by atoms with van der Waals surface area (Å²) in [7, 11) is 0. The number of unbranched alkanes of at least 4 members (excludes halogenated alkanes) is 1. The lowest BCUT2D eigenvalue weighted by Gasteiger charge is -2.30. The monoisotopic (exact) mass is 378 g/mol. The summed E-state index contributed by atoms with van der Waals surface area (Å²) >= 11 is 11.6.